The quantitative estimate of drug-likeness (QED) is 0.680. The Morgan fingerprint density at radius 3 is 2.79 bits per heavy atom. The van der Waals surface area contributed by atoms with Gasteiger partial charge in [0.05, 0.1) is 0 Å². The lowest BCUT2D eigenvalue weighted by atomic mass is 9.97. The number of hydrogen-bond donors (Lipinski definition) is 1. The van der Waals surface area contributed by atoms with Crippen LogP contribution in [0.1, 0.15) is 39.0 Å². The van der Waals surface area contributed by atoms with Gasteiger partial charge in [0.15, 0.2) is 0 Å². The first kappa shape index (κ1) is 10.2. The Morgan fingerprint density at radius 1 is 1.43 bits per heavy atom. The molecule has 0 radical (unpaired) electrons. The van der Waals surface area contributed by atoms with E-state index in [1.807, 2.05) is 0 Å². The molecule has 2 aliphatic rings. The molecule has 1 saturated carbocycles. The molecule has 1 heterocycles. The molecule has 0 bridgehead atoms. The van der Waals surface area contributed by atoms with Crippen molar-refractivity contribution in [3.05, 3.63) is 11.6 Å². The monoisotopic (exact) mass is 194 g/mol. The highest BCUT2D eigenvalue weighted by Gasteiger charge is 2.31. The molecule has 0 unspecified atom stereocenters. The summed E-state index contributed by atoms with van der Waals surface area (Å²) in [6.07, 6.45) is 8.69. The van der Waals surface area contributed by atoms with Gasteiger partial charge in [-0.05, 0) is 26.2 Å². The second-order valence-corrected chi connectivity index (χ2v) is 5.12. The predicted molar refractivity (Wildman–Crippen MR) is 60.2 cm³/mol. The van der Waals surface area contributed by atoms with Gasteiger partial charge in [0.1, 0.15) is 0 Å². The highest BCUT2D eigenvalue weighted by molar-refractivity contribution is 5.06. The molecule has 2 rings (SSSR count). The summed E-state index contributed by atoms with van der Waals surface area (Å²) in [7, 11) is 0. The van der Waals surface area contributed by atoms with Gasteiger partial charge in [-0.1, -0.05) is 24.5 Å². The van der Waals surface area contributed by atoms with Crippen molar-refractivity contribution in [2.45, 2.75) is 44.6 Å². The summed E-state index contributed by atoms with van der Waals surface area (Å²) in [5.74, 6) is 0. The summed E-state index contributed by atoms with van der Waals surface area (Å²) < 4.78 is 0. The van der Waals surface area contributed by atoms with Crippen molar-refractivity contribution in [3.63, 3.8) is 0 Å². The van der Waals surface area contributed by atoms with E-state index < -0.39 is 0 Å². The van der Waals surface area contributed by atoms with Gasteiger partial charge in [0.25, 0.3) is 0 Å². The fourth-order valence-electron chi connectivity index (χ4n) is 2.81. The number of hydrogen-bond acceptors (Lipinski definition) is 2. The maximum absolute atomic E-state index is 6.37. The summed E-state index contributed by atoms with van der Waals surface area (Å²) in [4.78, 5) is 2.53. The summed E-state index contributed by atoms with van der Waals surface area (Å²) in [6, 6.07) is 0. The van der Waals surface area contributed by atoms with Crippen LogP contribution in [0.2, 0.25) is 0 Å². The van der Waals surface area contributed by atoms with Gasteiger partial charge in [-0.25, -0.2) is 0 Å². The smallest absolute Gasteiger partial charge is 0.0283 e. The van der Waals surface area contributed by atoms with Crippen LogP contribution in [-0.4, -0.2) is 30.1 Å². The average molecular weight is 194 g/mol. The summed E-state index contributed by atoms with van der Waals surface area (Å²) >= 11 is 0. The van der Waals surface area contributed by atoms with Crippen molar-refractivity contribution in [1.82, 2.24) is 4.90 Å². The zero-order valence-corrected chi connectivity index (χ0v) is 9.26. The fraction of sp³-hybridized carbons (Fsp3) is 0.833. The lowest BCUT2D eigenvalue weighted by molar-refractivity contribution is 0.219. The maximum atomic E-state index is 6.37. The van der Waals surface area contributed by atoms with E-state index in [0.717, 1.165) is 13.1 Å². The molecule has 0 atom stereocenters. The highest BCUT2D eigenvalue weighted by Crippen LogP contribution is 2.28. The van der Waals surface area contributed by atoms with Crippen molar-refractivity contribution in [1.29, 1.82) is 0 Å². The molecule has 1 aliphatic carbocycles. The summed E-state index contributed by atoms with van der Waals surface area (Å²) in [5, 5.41) is 0. The fourth-order valence-corrected chi connectivity index (χ4v) is 2.81. The van der Waals surface area contributed by atoms with E-state index in [1.165, 1.54) is 44.2 Å². The maximum Gasteiger partial charge on any atom is 0.0283 e. The van der Waals surface area contributed by atoms with E-state index >= 15 is 0 Å². The van der Waals surface area contributed by atoms with E-state index in [1.54, 1.807) is 0 Å². The van der Waals surface area contributed by atoms with E-state index in [2.05, 4.69) is 17.9 Å². The van der Waals surface area contributed by atoms with E-state index in [0.29, 0.717) is 0 Å². The van der Waals surface area contributed by atoms with Crippen LogP contribution in [0.3, 0.4) is 0 Å². The van der Waals surface area contributed by atoms with Crippen LogP contribution in [0.5, 0.6) is 0 Å². The molecule has 1 fully saturated rings. The third kappa shape index (κ3) is 2.37. The molecule has 2 heteroatoms. The minimum atomic E-state index is 0.137. The molecular formula is C12H22N2. The van der Waals surface area contributed by atoms with Crippen molar-refractivity contribution < 1.29 is 0 Å². The summed E-state index contributed by atoms with van der Waals surface area (Å²) in [5.41, 5.74) is 8.02. The Balaban J connectivity index is 1.88. The van der Waals surface area contributed by atoms with Gasteiger partial charge in [-0.15, -0.1) is 0 Å². The number of nitrogens with zero attached hydrogens (tertiary/aromatic N) is 1. The van der Waals surface area contributed by atoms with Crippen LogP contribution in [0.25, 0.3) is 0 Å². The Morgan fingerprint density at radius 2 is 2.14 bits per heavy atom. The Hall–Kier alpha value is -0.340. The van der Waals surface area contributed by atoms with Crippen molar-refractivity contribution in [2.75, 3.05) is 19.6 Å². The Labute approximate surface area is 87.2 Å². The van der Waals surface area contributed by atoms with Gasteiger partial charge in [-0.2, -0.15) is 0 Å². The summed E-state index contributed by atoms with van der Waals surface area (Å²) in [6.45, 7) is 5.68. The SMILES string of the molecule is CC1=CCCN(CC2(N)CCCC2)C1. The highest BCUT2D eigenvalue weighted by atomic mass is 15.1. The molecule has 0 saturated heterocycles. The third-order valence-electron chi connectivity index (χ3n) is 3.55. The Bertz CT molecular complexity index is 226. The van der Waals surface area contributed by atoms with E-state index in [4.69, 9.17) is 5.73 Å². The normalized spacial score (nSPS) is 27.7. The van der Waals surface area contributed by atoms with E-state index in [9.17, 15) is 0 Å². The molecular weight excluding hydrogens is 172 g/mol. The number of rotatable bonds is 2. The van der Waals surface area contributed by atoms with Crippen LogP contribution < -0.4 is 5.73 Å². The second kappa shape index (κ2) is 4.03. The van der Waals surface area contributed by atoms with Crippen LogP contribution in [0, 0.1) is 0 Å². The van der Waals surface area contributed by atoms with Gasteiger partial charge >= 0.3 is 0 Å². The average Bonchev–Trinajstić information content (AvgIpc) is 2.51. The minimum absolute atomic E-state index is 0.137. The van der Waals surface area contributed by atoms with Gasteiger partial charge in [-0.3, -0.25) is 4.90 Å². The molecule has 2 nitrogen and oxygen atoms in total. The number of nitrogens with two attached hydrogens (primary N) is 1. The topological polar surface area (TPSA) is 29.3 Å². The van der Waals surface area contributed by atoms with Crippen LogP contribution in [-0.2, 0) is 0 Å². The van der Waals surface area contributed by atoms with Crippen LogP contribution in [0.15, 0.2) is 11.6 Å². The zero-order chi connectivity index (χ0) is 10.0. The molecule has 2 N–H and O–H groups in total. The first-order chi connectivity index (χ1) is 6.68. The first-order valence-corrected chi connectivity index (χ1v) is 5.85. The standard InChI is InChI=1S/C12H22N2/c1-11-5-4-8-14(9-11)10-12(13)6-2-3-7-12/h5H,2-4,6-10,13H2,1H3. The van der Waals surface area contributed by atoms with E-state index in [-0.39, 0.29) is 5.54 Å². The molecule has 80 valence electrons. The van der Waals surface area contributed by atoms with Crippen LogP contribution in [0.4, 0.5) is 0 Å². The van der Waals surface area contributed by atoms with Crippen LogP contribution >= 0.6 is 0 Å². The zero-order valence-electron chi connectivity index (χ0n) is 9.26. The van der Waals surface area contributed by atoms with Crippen molar-refractivity contribution in [3.8, 4) is 0 Å². The Kier molecular flexibility index (Phi) is 2.93. The second-order valence-electron chi connectivity index (χ2n) is 5.12. The largest absolute Gasteiger partial charge is 0.324 e. The lowest BCUT2D eigenvalue weighted by Crippen LogP contribution is -2.49. The predicted octanol–water partition coefficient (Wildman–Crippen LogP) is 1.91. The molecule has 0 amide bonds. The molecule has 0 aromatic heterocycles. The third-order valence-corrected chi connectivity index (χ3v) is 3.55. The first-order valence-electron chi connectivity index (χ1n) is 5.85. The van der Waals surface area contributed by atoms with Gasteiger partial charge in [0, 0.05) is 25.2 Å². The van der Waals surface area contributed by atoms with Gasteiger partial charge in [0.2, 0.25) is 0 Å². The molecule has 0 aromatic carbocycles. The molecule has 1 aliphatic heterocycles. The lowest BCUT2D eigenvalue weighted by Gasteiger charge is -2.34. The molecule has 0 aromatic rings. The van der Waals surface area contributed by atoms with Crippen molar-refractivity contribution in [2.24, 2.45) is 5.73 Å². The molecule has 0 spiro atoms. The molecule has 14 heavy (non-hydrogen) atoms. The minimum Gasteiger partial charge on any atom is -0.324 e. The van der Waals surface area contributed by atoms with Gasteiger partial charge < -0.3 is 5.73 Å². The van der Waals surface area contributed by atoms with Crippen molar-refractivity contribution >= 4 is 0 Å².